The predicted molar refractivity (Wildman–Crippen MR) is 68.5 cm³/mol. The molecule has 0 aromatic heterocycles. The smallest absolute Gasteiger partial charge is 0.0478 e. The van der Waals surface area contributed by atoms with Crippen LogP contribution in [0.5, 0.6) is 0 Å². The lowest BCUT2D eigenvalue weighted by molar-refractivity contribution is 0.0639. The molecule has 1 aromatic rings. The zero-order valence-electron chi connectivity index (χ0n) is 10.6. The third kappa shape index (κ3) is 2.45. The Hall–Kier alpha value is -0.860. The van der Waals surface area contributed by atoms with Gasteiger partial charge in [-0.15, -0.1) is 0 Å². The van der Waals surface area contributed by atoms with Gasteiger partial charge in [-0.2, -0.15) is 0 Å². The molecule has 2 nitrogen and oxygen atoms in total. The summed E-state index contributed by atoms with van der Waals surface area (Å²) in [6, 6.07) is 12.1. The van der Waals surface area contributed by atoms with Crippen molar-refractivity contribution in [1.29, 1.82) is 0 Å². The molecule has 1 atom stereocenters. The molecule has 16 heavy (non-hydrogen) atoms. The van der Waals surface area contributed by atoms with Crippen molar-refractivity contribution in [1.82, 2.24) is 9.80 Å². The van der Waals surface area contributed by atoms with Crippen molar-refractivity contribution in [2.75, 3.05) is 26.7 Å². The molecule has 1 aromatic carbocycles. The van der Waals surface area contributed by atoms with Crippen molar-refractivity contribution in [2.24, 2.45) is 0 Å². The Labute approximate surface area is 98.9 Å². The molecule has 1 heterocycles. The Morgan fingerprint density at radius 3 is 2.44 bits per heavy atom. The first-order valence-corrected chi connectivity index (χ1v) is 6.17. The number of hydrogen-bond acceptors (Lipinski definition) is 2. The van der Waals surface area contributed by atoms with E-state index in [1.54, 1.807) is 0 Å². The van der Waals surface area contributed by atoms with Gasteiger partial charge in [0.2, 0.25) is 0 Å². The van der Waals surface area contributed by atoms with Crippen LogP contribution in [0.25, 0.3) is 0 Å². The molecule has 0 spiro atoms. The first-order valence-electron chi connectivity index (χ1n) is 6.17. The molecule has 1 unspecified atom stereocenters. The molecule has 0 N–H and O–H groups in total. The van der Waals surface area contributed by atoms with Crippen molar-refractivity contribution >= 4 is 0 Å². The highest BCUT2D eigenvalue weighted by Gasteiger charge is 2.27. The average Bonchev–Trinajstić information content (AvgIpc) is 2.29. The van der Waals surface area contributed by atoms with Gasteiger partial charge in [0, 0.05) is 31.7 Å². The van der Waals surface area contributed by atoms with Gasteiger partial charge >= 0.3 is 0 Å². The molecule has 1 aliphatic rings. The van der Waals surface area contributed by atoms with E-state index in [0.717, 1.165) is 6.54 Å². The van der Waals surface area contributed by atoms with Gasteiger partial charge in [0.05, 0.1) is 0 Å². The molecule has 0 aliphatic carbocycles. The number of piperazine rings is 1. The van der Waals surface area contributed by atoms with Gasteiger partial charge < -0.3 is 4.90 Å². The number of hydrogen-bond donors (Lipinski definition) is 0. The topological polar surface area (TPSA) is 6.48 Å². The van der Waals surface area contributed by atoms with Crippen molar-refractivity contribution in [2.45, 2.75) is 25.9 Å². The summed E-state index contributed by atoms with van der Waals surface area (Å²) in [5.74, 6) is 0. The number of rotatable bonds is 2. The second kappa shape index (κ2) is 4.98. The van der Waals surface area contributed by atoms with Crippen LogP contribution < -0.4 is 0 Å². The zero-order valence-corrected chi connectivity index (χ0v) is 10.6. The van der Waals surface area contributed by atoms with Gasteiger partial charge in [-0.25, -0.2) is 0 Å². The maximum atomic E-state index is 2.61. The fraction of sp³-hybridized carbons (Fsp3) is 0.571. The van der Waals surface area contributed by atoms with Gasteiger partial charge in [-0.05, 0) is 26.5 Å². The maximum absolute atomic E-state index is 2.61. The van der Waals surface area contributed by atoms with Crippen LogP contribution in [0, 0.1) is 0 Å². The summed E-state index contributed by atoms with van der Waals surface area (Å²) >= 11 is 0. The summed E-state index contributed by atoms with van der Waals surface area (Å²) in [6.07, 6.45) is 0. The Morgan fingerprint density at radius 1 is 1.12 bits per heavy atom. The Kier molecular flexibility index (Phi) is 3.62. The minimum Gasteiger partial charge on any atom is -0.303 e. The first-order chi connectivity index (χ1) is 7.68. The predicted octanol–water partition coefficient (Wildman–Crippen LogP) is 2.38. The van der Waals surface area contributed by atoms with Crippen molar-refractivity contribution in [3.63, 3.8) is 0 Å². The molecular weight excluding hydrogens is 196 g/mol. The molecular formula is C14H22N2. The molecule has 1 saturated heterocycles. The molecule has 2 heteroatoms. The van der Waals surface area contributed by atoms with Gasteiger partial charge in [-0.3, -0.25) is 4.90 Å². The fourth-order valence-electron chi connectivity index (χ4n) is 2.52. The van der Waals surface area contributed by atoms with Crippen molar-refractivity contribution in [3.05, 3.63) is 35.9 Å². The van der Waals surface area contributed by atoms with E-state index in [4.69, 9.17) is 0 Å². The molecule has 0 amide bonds. The zero-order chi connectivity index (χ0) is 11.5. The Balaban J connectivity index is 2.21. The highest BCUT2D eigenvalue weighted by molar-refractivity contribution is 5.20. The van der Waals surface area contributed by atoms with E-state index in [1.165, 1.54) is 18.7 Å². The highest BCUT2D eigenvalue weighted by atomic mass is 15.3. The van der Waals surface area contributed by atoms with Crippen LogP contribution in [0.3, 0.4) is 0 Å². The van der Waals surface area contributed by atoms with Crippen molar-refractivity contribution in [3.8, 4) is 0 Å². The lowest BCUT2D eigenvalue weighted by atomic mass is 10.0. The van der Waals surface area contributed by atoms with Crippen LogP contribution in [0.15, 0.2) is 30.3 Å². The van der Waals surface area contributed by atoms with E-state index in [0.29, 0.717) is 12.1 Å². The lowest BCUT2D eigenvalue weighted by Crippen LogP contribution is -2.49. The van der Waals surface area contributed by atoms with E-state index in [9.17, 15) is 0 Å². The van der Waals surface area contributed by atoms with E-state index in [2.05, 4.69) is 61.0 Å². The standard InChI is InChI=1S/C14H22N2/c1-12(2)16-10-9-15(3)11-14(16)13-7-5-4-6-8-13/h4-8,12,14H,9-11H2,1-3H3. The quantitative estimate of drug-likeness (QED) is 0.752. The summed E-state index contributed by atoms with van der Waals surface area (Å²) < 4.78 is 0. The van der Waals surface area contributed by atoms with E-state index in [1.807, 2.05) is 0 Å². The molecule has 2 rings (SSSR count). The van der Waals surface area contributed by atoms with Gasteiger partial charge in [0.25, 0.3) is 0 Å². The number of nitrogens with zero attached hydrogens (tertiary/aromatic N) is 2. The summed E-state index contributed by atoms with van der Waals surface area (Å²) in [4.78, 5) is 5.03. The summed E-state index contributed by atoms with van der Waals surface area (Å²) in [6.45, 7) is 8.08. The van der Waals surface area contributed by atoms with Crippen LogP contribution in [0.1, 0.15) is 25.5 Å². The van der Waals surface area contributed by atoms with Crippen LogP contribution in [-0.4, -0.2) is 42.5 Å². The van der Waals surface area contributed by atoms with Crippen molar-refractivity contribution < 1.29 is 0 Å². The van der Waals surface area contributed by atoms with E-state index in [-0.39, 0.29) is 0 Å². The number of benzene rings is 1. The Morgan fingerprint density at radius 2 is 1.81 bits per heavy atom. The van der Waals surface area contributed by atoms with Gasteiger partial charge in [-0.1, -0.05) is 30.3 Å². The normalized spacial score (nSPS) is 23.9. The minimum absolute atomic E-state index is 0.556. The van der Waals surface area contributed by atoms with Crippen LogP contribution in [0.2, 0.25) is 0 Å². The molecule has 1 aliphatic heterocycles. The second-order valence-electron chi connectivity index (χ2n) is 5.02. The Bertz CT molecular complexity index is 321. The second-order valence-corrected chi connectivity index (χ2v) is 5.02. The van der Waals surface area contributed by atoms with Crippen LogP contribution in [-0.2, 0) is 0 Å². The minimum atomic E-state index is 0.556. The molecule has 0 bridgehead atoms. The van der Waals surface area contributed by atoms with Crippen LogP contribution >= 0.6 is 0 Å². The summed E-state index contributed by atoms with van der Waals surface area (Å²) in [7, 11) is 2.22. The van der Waals surface area contributed by atoms with E-state index >= 15 is 0 Å². The third-order valence-corrected chi connectivity index (χ3v) is 3.47. The first kappa shape index (κ1) is 11.6. The average molecular weight is 218 g/mol. The largest absolute Gasteiger partial charge is 0.303 e. The number of likely N-dealkylation sites (N-methyl/N-ethyl adjacent to an activating group) is 1. The molecule has 88 valence electrons. The molecule has 0 radical (unpaired) electrons. The molecule has 0 saturated carbocycles. The summed E-state index contributed by atoms with van der Waals surface area (Å²) in [5, 5.41) is 0. The van der Waals surface area contributed by atoms with E-state index < -0.39 is 0 Å². The van der Waals surface area contributed by atoms with Gasteiger partial charge in [0.1, 0.15) is 0 Å². The SMILES string of the molecule is CC(C)N1CCN(C)CC1c1ccccc1. The maximum Gasteiger partial charge on any atom is 0.0478 e. The third-order valence-electron chi connectivity index (χ3n) is 3.47. The summed E-state index contributed by atoms with van der Waals surface area (Å²) in [5.41, 5.74) is 1.45. The monoisotopic (exact) mass is 218 g/mol. The highest BCUT2D eigenvalue weighted by Crippen LogP contribution is 2.26. The lowest BCUT2D eigenvalue weighted by Gasteiger charge is -2.42. The molecule has 1 fully saturated rings. The van der Waals surface area contributed by atoms with Gasteiger partial charge in [0.15, 0.2) is 0 Å². The van der Waals surface area contributed by atoms with Crippen LogP contribution in [0.4, 0.5) is 0 Å². The fourth-order valence-corrected chi connectivity index (χ4v) is 2.52.